The van der Waals surface area contributed by atoms with Crippen molar-refractivity contribution in [3.63, 3.8) is 0 Å². The first-order valence-corrected chi connectivity index (χ1v) is 7.68. The predicted octanol–water partition coefficient (Wildman–Crippen LogP) is 5.05. The van der Waals surface area contributed by atoms with E-state index in [0.717, 1.165) is 34.1 Å². The summed E-state index contributed by atoms with van der Waals surface area (Å²) >= 11 is 0. The van der Waals surface area contributed by atoms with Crippen molar-refractivity contribution in [2.24, 2.45) is 0 Å². The molecule has 4 aromatic rings. The van der Waals surface area contributed by atoms with E-state index in [4.69, 9.17) is 4.98 Å². The summed E-state index contributed by atoms with van der Waals surface area (Å²) in [5.41, 5.74) is 5.21. The minimum Gasteiger partial charge on any atom is -0.339 e. The first kappa shape index (κ1) is 13.6. The zero-order valence-electron chi connectivity index (χ0n) is 12.9. The second kappa shape index (κ2) is 5.61. The van der Waals surface area contributed by atoms with Gasteiger partial charge < -0.3 is 5.32 Å². The highest BCUT2D eigenvalue weighted by Gasteiger charge is 2.15. The number of imidazole rings is 1. The fourth-order valence-electron chi connectivity index (χ4n) is 2.83. The number of nitrogens with one attached hydrogen (secondary N) is 1. The molecule has 0 aliphatic heterocycles. The molecule has 23 heavy (non-hydrogen) atoms. The Morgan fingerprint density at radius 1 is 0.783 bits per heavy atom. The molecule has 2 heterocycles. The average molecular weight is 299 g/mol. The van der Waals surface area contributed by atoms with Crippen LogP contribution in [0.5, 0.6) is 0 Å². The minimum absolute atomic E-state index is 0.947. The van der Waals surface area contributed by atoms with Crippen molar-refractivity contribution in [1.82, 2.24) is 9.38 Å². The molecule has 3 heteroatoms. The Kier molecular flexibility index (Phi) is 3.31. The standard InChI is InChI=1S/C20H17N3/c1-15-9-8-14-18-22-19(16-10-4-2-5-11-16)20(23(15)18)21-17-12-6-3-7-13-17/h2-14,21H,1H3. The Balaban J connectivity index is 1.95. The molecular weight excluding hydrogens is 282 g/mol. The van der Waals surface area contributed by atoms with Gasteiger partial charge in [0, 0.05) is 16.9 Å². The van der Waals surface area contributed by atoms with Gasteiger partial charge in [0.2, 0.25) is 0 Å². The van der Waals surface area contributed by atoms with Gasteiger partial charge in [0.1, 0.15) is 17.2 Å². The van der Waals surface area contributed by atoms with E-state index in [0.29, 0.717) is 0 Å². The maximum atomic E-state index is 4.84. The largest absolute Gasteiger partial charge is 0.339 e. The van der Waals surface area contributed by atoms with Crippen molar-refractivity contribution in [2.75, 3.05) is 5.32 Å². The van der Waals surface area contributed by atoms with Gasteiger partial charge in [-0.1, -0.05) is 54.6 Å². The molecular formula is C20H17N3. The van der Waals surface area contributed by atoms with Crippen LogP contribution in [0, 0.1) is 6.92 Å². The number of anilines is 2. The van der Waals surface area contributed by atoms with Crippen LogP contribution in [0.1, 0.15) is 5.69 Å². The summed E-state index contributed by atoms with van der Waals surface area (Å²) < 4.78 is 2.16. The van der Waals surface area contributed by atoms with Crippen LogP contribution in [0.15, 0.2) is 78.9 Å². The lowest BCUT2D eigenvalue weighted by Gasteiger charge is -2.10. The molecule has 0 saturated carbocycles. The number of aromatic nitrogens is 2. The number of hydrogen-bond acceptors (Lipinski definition) is 2. The van der Waals surface area contributed by atoms with Gasteiger partial charge in [0.25, 0.3) is 0 Å². The Bertz CT molecular complexity index is 941. The zero-order valence-corrected chi connectivity index (χ0v) is 12.9. The van der Waals surface area contributed by atoms with Crippen LogP contribution >= 0.6 is 0 Å². The van der Waals surface area contributed by atoms with Gasteiger partial charge in [-0.15, -0.1) is 0 Å². The molecule has 0 spiro atoms. The van der Waals surface area contributed by atoms with Crippen LogP contribution in [0.3, 0.4) is 0 Å². The number of hydrogen-bond donors (Lipinski definition) is 1. The summed E-state index contributed by atoms with van der Waals surface area (Å²) in [5, 5.41) is 3.54. The molecule has 0 bridgehead atoms. The van der Waals surface area contributed by atoms with Crippen molar-refractivity contribution in [3.8, 4) is 11.3 Å². The molecule has 0 radical (unpaired) electrons. The maximum Gasteiger partial charge on any atom is 0.143 e. The molecule has 0 unspecified atom stereocenters. The average Bonchev–Trinajstić information content (AvgIpc) is 2.96. The second-order valence-electron chi connectivity index (χ2n) is 5.53. The summed E-state index contributed by atoms with van der Waals surface area (Å²) in [4.78, 5) is 4.84. The fraction of sp³-hybridized carbons (Fsp3) is 0.0500. The van der Waals surface area contributed by atoms with E-state index in [1.165, 1.54) is 0 Å². The monoisotopic (exact) mass is 299 g/mol. The lowest BCUT2D eigenvalue weighted by atomic mass is 10.1. The van der Waals surface area contributed by atoms with Gasteiger partial charge in [-0.05, 0) is 31.2 Å². The van der Waals surface area contributed by atoms with Gasteiger partial charge in [-0.2, -0.15) is 0 Å². The highest BCUT2D eigenvalue weighted by atomic mass is 15.1. The molecule has 0 aliphatic rings. The molecule has 0 aliphatic carbocycles. The van der Waals surface area contributed by atoms with E-state index in [2.05, 4.69) is 47.0 Å². The Morgan fingerprint density at radius 2 is 1.48 bits per heavy atom. The summed E-state index contributed by atoms with van der Waals surface area (Å²) in [6.07, 6.45) is 0. The molecule has 1 N–H and O–H groups in total. The number of fused-ring (bicyclic) bond motifs is 1. The third kappa shape index (κ3) is 2.46. The molecule has 4 rings (SSSR count). The molecule has 3 nitrogen and oxygen atoms in total. The Labute approximate surface area is 135 Å². The molecule has 0 saturated heterocycles. The van der Waals surface area contributed by atoms with Crippen LogP contribution in [-0.4, -0.2) is 9.38 Å². The van der Waals surface area contributed by atoms with Crippen LogP contribution in [-0.2, 0) is 0 Å². The number of pyridine rings is 1. The van der Waals surface area contributed by atoms with E-state index in [-0.39, 0.29) is 0 Å². The highest BCUT2D eigenvalue weighted by Crippen LogP contribution is 2.31. The quantitative estimate of drug-likeness (QED) is 0.573. The lowest BCUT2D eigenvalue weighted by Crippen LogP contribution is -1.99. The van der Waals surface area contributed by atoms with E-state index < -0.39 is 0 Å². The predicted molar refractivity (Wildman–Crippen MR) is 95.1 cm³/mol. The smallest absolute Gasteiger partial charge is 0.143 e. The van der Waals surface area contributed by atoms with Gasteiger partial charge in [-0.3, -0.25) is 4.40 Å². The van der Waals surface area contributed by atoms with Gasteiger partial charge >= 0.3 is 0 Å². The summed E-state index contributed by atoms with van der Waals surface area (Å²) in [6, 6.07) is 26.7. The number of aryl methyl sites for hydroxylation is 1. The van der Waals surface area contributed by atoms with E-state index in [9.17, 15) is 0 Å². The van der Waals surface area contributed by atoms with E-state index >= 15 is 0 Å². The van der Waals surface area contributed by atoms with Crippen LogP contribution < -0.4 is 5.32 Å². The number of rotatable bonds is 3. The lowest BCUT2D eigenvalue weighted by molar-refractivity contribution is 1.10. The van der Waals surface area contributed by atoms with Gasteiger partial charge in [0.05, 0.1) is 0 Å². The second-order valence-corrected chi connectivity index (χ2v) is 5.53. The highest BCUT2D eigenvalue weighted by molar-refractivity contribution is 5.79. The first-order chi connectivity index (χ1) is 11.3. The van der Waals surface area contributed by atoms with Crippen LogP contribution in [0.25, 0.3) is 16.9 Å². The topological polar surface area (TPSA) is 29.3 Å². The maximum absolute atomic E-state index is 4.84. The zero-order chi connectivity index (χ0) is 15.6. The third-order valence-corrected chi connectivity index (χ3v) is 3.92. The van der Waals surface area contributed by atoms with Crippen molar-refractivity contribution < 1.29 is 0 Å². The fourth-order valence-corrected chi connectivity index (χ4v) is 2.83. The summed E-state index contributed by atoms with van der Waals surface area (Å²) in [6.45, 7) is 2.10. The van der Waals surface area contributed by atoms with Gasteiger partial charge in [-0.25, -0.2) is 4.98 Å². The number of nitrogens with zero attached hydrogens (tertiary/aromatic N) is 2. The number of benzene rings is 2. The van der Waals surface area contributed by atoms with E-state index in [1.807, 2.05) is 48.5 Å². The third-order valence-electron chi connectivity index (χ3n) is 3.92. The van der Waals surface area contributed by atoms with Gasteiger partial charge in [0.15, 0.2) is 0 Å². The molecule has 0 fully saturated rings. The SMILES string of the molecule is Cc1cccc2nc(-c3ccccc3)c(Nc3ccccc3)n12. The van der Waals surface area contributed by atoms with E-state index in [1.54, 1.807) is 0 Å². The molecule has 0 atom stereocenters. The molecule has 2 aromatic carbocycles. The normalized spacial score (nSPS) is 10.8. The van der Waals surface area contributed by atoms with Crippen molar-refractivity contribution in [3.05, 3.63) is 84.6 Å². The van der Waals surface area contributed by atoms with Crippen molar-refractivity contribution >= 4 is 17.2 Å². The van der Waals surface area contributed by atoms with Crippen LogP contribution in [0.4, 0.5) is 11.5 Å². The summed E-state index contributed by atoms with van der Waals surface area (Å²) in [5.74, 6) is 0.996. The Hall–Kier alpha value is -3.07. The first-order valence-electron chi connectivity index (χ1n) is 7.68. The van der Waals surface area contributed by atoms with Crippen molar-refractivity contribution in [2.45, 2.75) is 6.92 Å². The summed E-state index contributed by atoms with van der Waals surface area (Å²) in [7, 11) is 0. The minimum atomic E-state index is 0.947. The number of para-hydroxylation sites is 1. The Morgan fingerprint density at radius 3 is 2.22 bits per heavy atom. The van der Waals surface area contributed by atoms with Crippen molar-refractivity contribution in [1.29, 1.82) is 0 Å². The van der Waals surface area contributed by atoms with Crippen LogP contribution in [0.2, 0.25) is 0 Å². The molecule has 0 amide bonds. The molecule has 112 valence electrons. The molecule has 2 aromatic heterocycles.